The zero-order valence-corrected chi connectivity index (χ0v) is 8.60. The Kier molecular flexibility index (Phi) is 4.41. The van der Waals surface area contributed by atoms with Crippen molar-refractivity contribution in [1.29, 1.82) is 0 Å². The monoisotopic (exact) mass is 205 g/mol. The maximum atomic E-state index is 10.8. The van der Waals surface area contributed by atoms with Gasteiger partial charge in [-0.05, 0) is 12.0 Å². The fourth-order valence-electron chi connectivity index (χ4n) is 1.33. The lowest BCUT2D eigenvalue weighted by molar-refractivity contribution is 0.151. The number of nitrogens with zero attached hydrogens (tertiary/aromatic N) is 1. The van der Waals surface area contributed by atoms with Gasteiger partial charge >= 0.3 is 6.09 Å². The Morgan fingerprint density at radius 2 is 2.07 bits per heavy atom. The molecule has 1 N–H and O–H groups in total. The van der Waals surface area contributed by atoms with Crippen LogP contribution in [0, 0.1) is 0 Å². The van der Waals surface area contributed by atoms with Gasteiger partial charge in [-0.2, -0.15) is 0 Å². The van der Waals surface area contributed by atoms with Crippen LogP contribution < -0.4 is 0 Å². The Balaban J connectivity index is 2.47. The van der Waals surface area contributed by atoms with E-state index in [0.29, 0.717) is 13.1 Å². The highest BCUT2D eigenvalue weighted by Gasteiger charge is 2.08. The largest absolute Gasteiger partial charge is 0.465 e. The molecule has 15 heavy (non-hydrogen) atoms. The molecular formula is C12H15NO2. The van der Waals surface area contributed by atoms with Crippen molar-refractivity contribution < 1.29 is 9.90 Å². The number of benzene rings is 1. The number of rotatable bonds is 5. The van der Waals surface area contributed by atoms with Crippen LogP contribution in [0.3, 0.4) is 0 Å². The number of amides is 1. The molecule has 0 saturated heterocycles. The number of carboxylic acid groups (broad SMARTS) is 1. The van der Waals surface area contributed by atoms with Crippen molar-refractivity contribution in [3.63, 3.8) is 0 Å². The van der Waals surface area contributed by atoms with Crippen LogP contribution in [-0.2, 0) is 6.42 Å². The van der Waals surface area contributed by atoms with Gasteiger partial charge < -0.3 is 10.0 Å². The fraction of sp³-hybridized carbons (Fsp3) is 0.250. The predicted octanol–water partition coefficient (Wildman–Crippen LogP) is 2.40. The Morgan fingerprint density at radius 3 is 2.60 bits per heavy atom. The van der Waals surface area contributed by atoms with E-state index in [-0.39, 0.29) is 0 Å². The minimum Gasteiger partial charge on any atom is -0.465 e. The fourth-order valence-corrected chi connectivity index (χ4v) is 1.33. The molecule has 0 aliphatic rings. The minimum atomic E-state index is -0.897. The van der Waals surface area contributed by atoms with Gasteiger partial charge in [-0.25, -0.2) is 4.79 Å². The zero-order chi connectivity index (χ0) is 11.1. The van der Waals surface area contributed by atoms with Crippen LogP contribution in [0.5, 0.6) is 0 Å². The summed E-state index contributed by atoms with van der Waals surface area (Å²) in [7, 11) is 0. The summed E-state index contributed by atoms with van der Waals surface area (Å²) < 4.78 is 0. The SMILES string of the molecule is C=CCN(CCc1ccccc1)C(=O)O. The highest BCUT2D eigenvalue weighted by molar-refractivity contribution is 5.65. The summed E-state index contributed by atoms with van der Waals surface area (Å²) in [4.78, 5) is 12.1. The van der Waals surface area contributed by atoms with E-state index in [4.69, 9.17) is 5.11 Å². The third-order valence-corrected chi connectivity index (χ3v) is 2.13. The van der Waals surface area contributed by atoms with Crippen LogP contribution in [0.1, 0.15) is 5.56 Å². The third kappa shape index (κ3) is 3.85. The first-order valence-electron chi connectivity index (χ1n) is 4.86. The molecule has 0 atom stereocenters. The summed E-state index contributed by atoms with van der Waals surface area (Å²) in [6.07, 6.45) is 1.44. The van der Waals surface area contributed by atoms with E-state index in [2.05, 4.69) is 6.58 Å². The Labute approximate surface area is 89.6 Å². The van der Waals surface area contributed by atoms with E-state index >= 15 is 0 Å². The normalized spacial score (nSPS) is 9.60. The van der Waals surface area contributed by atoms with Gasteiger partial charge in [-0.1, -0.05) is 36.4 Å². The minimum absolute atomic E-state index is 0.377. The standard InChI is InChI=1S/C12H15NO2/c1-2-9-13(12(14)15)10-8-11-6-4-3-5-7-11/h2-7H,1,8-10H2,(H,14,15). The third-order valence-electron chi connectivity index (χ3n) is 2.13. The summed E-state index contributed by atoms with van der Waals surface area (Å²) in [5, 5.41) is 8.86. The molecule has 3 nitrogen and oxygen atoms in total. The molecule has 1 rings (SSSR count). The van der Waals surface area contributed by atoms with E-state index < -0.39 is 6.09 Å². The van der Waals surface area contributed by atoms with E-state index in [0.717, 1.165) is 12.0 Å². The molecule has 0 saturated carbocycles. The Bertz CT molecular complexity index is 322. The molecule has 0 radical (unpaired) electrons. The molecule has 0 aliphatic carbocycles. The van der Waals surface area contributed by atoms with E-state index in [1.807, 2.05) is 30.3 Å². The Hall–Kier alpha value is -1.77. The quantitative estimate of drug-likeness (QED) is 0.750. The molecule has 0 bridgehead atoms. The molecule has 1 amide bonds. The van der Waals surface area contributed by atoms with E-state index in [1.165, 1.54) is 4.90 Å². The summed E-state index contributed by atoms with van der Waals surface area (Å²) in [5.41, 5.74) is 1.15. The second-order valence-corrected chi connectivity index (χ2v) is 3.25. The van der Waals surface area contributed by atoms with Crippen LogP contribution in [0.4, 0.5) is 4.79 Å². The first-order chi connectivity index (χ1) is 7.24. The Morgan fingerprint density at radius 1 is 1.40 bits per heavy atom. The van der Waals surface area contributed by atoms with Crippen LogP contribution in [0.25, 0.3) is 0 Å². The van der Waals surface area contributed by atoms with Gasteiger partial charge in [0, 0.05) is 13.1 Å². The number of hydrogen-bond acceptors (Lipinski definition) is 1. The lowest BCUT2D eigenvalue weighted by atomic mass is 10.1. The van der Waals surface area contributed by atoms with Gasteiger partial charge in [-0.3, -0.25) is 0 Å². The maximum absolute atomic E-state index is 10.8. The number of carbonyl (C=O) groups is 1. The van der Waals surface area contributed by atoms with Crippen LogP contribution in [0.15, 0.2) is 43.0 Å². The summed E-state index contributed by atoms with van der Waals surface area (Å²) in [6.45, 7) is 4.42. The van der Waals surface area contributed by atoms with Gasteiger partial charge in [-0.15, -0.1) is 6.58 Å². The maximum Gasteiger partial charge on any atom is 0.407 e. The second kappa shape index (κ2) is 5.86. The zero-order valence-electron chi connectivity index (χ0n) is 8.60. The molecule has 0 heterocycles. The molecule has 0 aliphatic heterocycles. The van der Waals surface area contributed by atoms with Crippen LogP contribution in [0.2, 0.25) is 0 Å². The van der Waals surface area contributed by atoms with E-state index in [1.54, 1.807) is 6.08 Å². The first kappa shape index (κ1) is 11.3. The lowest BCUT2D eigenvalue weighted by Gasteiger charge is -2.16. The van der Waals surface area contributed by atoms with Crippen molar-refractivity contribution in [2.45, 2.75) is 6.42 Å². The molecule has 0 aromatic heterocycles. The van der Waals surface area contributed by atoms with Crippen molar-refractivity contribution >= 4 is 6.09 Å². The lowest BCUT2D eigenvalue weighted by Crippen LogP contribution is -2.31. The van der Waals surface area contributed by atoms with Crippen molar-refractivity contribution in [2.75, 3.05) is 13.1 Å². The van der Waals surface area contributed by atoms with Crippen molar-refractivity contribution in [3.8, 4) is 0 Å². The van der Waals surface area contributed by atoms with E-state index in [9.17, 15) is 4.79 Å². The average Bonchev–Trinajstić information content (AvgIpc) is 2.25. The molecule has 0 fully saturated rings. The van der Waals surface area contributed by atoms with Gasteiger partial charge in [0.2, 0.25) is 0 Å². The van der Waals surface area contributed by atoms with Gasteiger partial charge in [0.25, 0.3) is 0 Å². The van der Waals surface area contributed by atoms with Crippen molar-refractivity contribution in [1.82, 2.24) is 4.90 Å². The number of hydrogen-bond donors (Lipinski definition) is 1. The summed E-state index contributed by atoms with van der Waals surface area (Å²) in [5.74, 6) is 0. The van der Waals surface area contributed by atoms with Crippen LogP contribution >= 0.6 is 0 Å². The molecule has 1 aromatic rings. The first-order valence-corrected chi connectivity index (χ1v) is 4.86. The predicted molar refractivity (Wildman–Crippen MR) is 59.9 cm³/mol. The summed E-state index contributed by atoms with van der Waals surface area (Å²) >= 11 is 0. The molecule has 3 heteroatoms. The van der Waals surface area contributed by atoms with Crippen molar-refractivity contribution in [2.24, 2.45) is 0 Å². The highest BCUT2D eigenvalue weighted by atomic mass is 16.4. The molecule has 0 spiro atoms. The average molecular weight is 205 g/mol. The van der Waals surface area contributed by atoms with Crippen molar-refractivity contribution in [3.05, 3.63) is 48.6 Å². The molecule has 80 valence electrons. The molecule has 1 aromatic carbocycles. The smallest absolute Gasteiger partial charge is 0.407 e. The molecule has 0 unspecified atom stereocenters. The summed E-state index contributed by atoms with van der Waals surface area (Å²) in [6, 6.07) is 9.84. The second-order valence-electron chi connectivity index (χ2n) is 3.25. The van der Waals surface area contributed by atoms with Crippen LogP contribution in [-0.4, -0.2) is 29.2 Å². The molecular weight excluding hydrogens is 190 g/mol. The van der Waals surface area contributed by atoms with Gasteiger partial charge in [0.15, 0.2) is 0 Å². The topological polar surface area (TPSA) is 40.5 Å². The van der Waals surface area contributed by atoms with Gasteiger partial charge in [0.1, 0.15) is 0 Å². The highest BCUT2D eigenvalue weighted by Crippen LogP contribution is 2.01. The van der Waals surface area contributed by atoms with Gasteiger partial charge in [0.05, 0.1) is 0 Å².